The van der Waals surface area contributed by atoms with Crippen molar-refractivity contribution in [2.45, 2.75) is 26.3 Å². The second-order valence-corrected chi connectivity index (χ2v) is 9.29. The maximum Gasteiger partial charge on any atom is 0.333 e. The van der Waals surface area contributed by atoms with E-state index in [1.54, 1.807) is 28.8 Å². The Morgan fingerprint density at radius 1 is 0.972 bits per heavy atom. The fourth-order valence-corrected chi connectivity index (χ4v) is 5.08. The Morgan fingerprint density at radius 2 is 1.64 bits per heavy atom. The maximum absolute atomic E-state index is 13.5. The molecule has 1 aromatic heterocycles. The van der Waals surface area contributed by atoms with Crippen molar-refractivity contribution in [3.63, 3.8) is 0 Å². The van der Waals surface area contributed by atoms with Crippen LogP contribution in [0.15, 0.2) is 71.5 Å². The number of carbonyl (C=O) groups is 1. The molecule has 3 aromatic carbocycles. The van der Waals surface area contributed by atoms with Crippen LogP contribution in [0, 0.1) is 18.7 Å². The first-order chi connectivity index (χ1) is 16.9. The number of para-hydroxylation sites is 1. The minimum Gasteiger partial charge on any atom is -0.399 e. The van der Waals surface area contributed by atoms with Crippen molar-refractivity contribution in [3.05, 3.63) is 94.2 Å². The van der Waals surface area contributed by atoms with Gasteiger partial charge in [0.15, 0.2) is 5.78 Å². The third-order valence-electron chi connectivity index (χ3n) is 7.03. The Kier molecular flexibility index (Phi) is 7.62. The lowest BCUT2D eigenvalue weighted by atomic mass is 9.89. The van der Waals surface area contributed by atoms with Gasteiger partial charge in [-0.15, -0.1) is 12.4 Å². The number of nitrogen functional groups attached to an aromatic ring is 1. The lowest BCUT2D eigenvalue weighted by Crippen LogP contribution is -2.39. The van der Waals surface area contributed by atoms with Crippen molar-refractivity contribution in [1.29, 1.82) is 0 Å². The van der Waals surface area contributed by atoms with Gasteiger partial charge < -0.3 is 10.6 Å². The van der Waals surface area contributed by atoms with Crippen LogP contribution < -0.4 is 11.4 Å². The summed E-state index contributed by atoms with van der Waals surface area (Å²) in [6.45, 7) is 4.91. The molecule has 0 saturated carbocycles. The Balaban J connectivity index is 0.00000304. The van der Waals surface area contributed by atoms with Gasteiger partial charge in [0.25, 0.3) is 0 Å². The van der Waals surface area contributed by atoms with Gasteiger partial charge in [-0.25, -0.2) is 9.18 Å². The number of ketones is 1. The van der Waals surface area contributed by atoms with Crippen molar-refractivity contribution in [3.8, 4) is 5.69 Å². The van der Waals surface area contributed by atoms with Crippen LogP contribution in [-0.4, -0.2) is 39.5 Å². The summed E-state index contributed by atoms with van der Waals surface area (Å²) in [5.74, 6) is -0.295. The van der Waals surface area contributed by atoms with E-state index in [1.165, 1.54) is 12.1 Å². The third-order valence-corrected chi connectivity index (χ3v) is 7.03. The highest BCUT2D eigenvalue weighted by Gasteiger charge is 2.26. The van der Waals surface area contributed by atoms with Gasteiger partial charge in [0.1, 0.15) is 5.82 Å². The fraction of sp³-hybridized carbons (Fsp3) is 0.286. The number of aryl methyl sites for hydroxylation is 1. The molecule has 1 aliphatic rings. The van der Waals surface area contributed by atoms with E-state index >= 15 is 0 Å². The van der Waals surface area contributed by atoms with Gasteiger partial charge >= 0.3 is 5.69 Å². The van der Waals surface area contributed by atoms with Crippen LogP contribution in [0.25, 0.3) is 16.7 Å². The third kappa shape index (κ3) is 4.94. The number of anilines is 1. The van der Waals surface area contributed by atoms with Crippen molar-refractivity contribution in [2.75, 3.05) is 25.4 Å². The van der Waals surface area contributed by atoms with E-state index in [2.05, 4.69) is 4.90 Å². The molecule has 36 heavy (non-hydrogen) atoms. The summed E-state index contributed by atoms with van der Waals surface area (Å²) in [6, 6.07) is 19.1. The van der Waals surface area contributed by atoms with Crippen LogP contribution in [0.3, 0.4) is 0 Å². The number of nitrogens with two attached hydrogens (primary N) is 1. The highest BCUT2D eigenvalue weighted by Crippen LogP contribution is 2.24. The van der Waals surface area contributed by atoms with Crippen LogP contribution in [0.4, 0.5) is 10.1 Å². The first kappa shape index (κ1) is 25.7. The van der Waals surface area contributed by atoms with Crippen LogP contribution >= 0.6 is 12.4 Å². The summed E-state index contributed by atoms with van der Waals surface area (Å²) in [7, 11) is 0. The number of carbonyl (C=O) groups excluding carboxylic acids is 1. The van der Waals surface area contributed by atoms with Gasteiger partial charge in [0.2, 0.25) is 0 Å². The number of piperidine rings is 1. The van der Waals surface area contributed by atoms with Crippen molar-refractivity contribution < 1.29 is 9.18 Å². The molecule has 0 bridgehead atoms. The largest absolute Gasteiger partial charge is 0.399 e. The van der Waals surface area contributed by atoms with Crippen LogP contribution in [-0.2, 0) is 6.54 Å². The summed E-state index contributed by atoms with van der Waals surface area (Å²) in [5.41, 5.74) is 10.7. The van der Waals surface area contributed by atoms with E-state index < -0.39 is 0 Å². The van der Waals surface area contributed by atoms with Gasteiger partial charge in [0, 0.05) is 30.3 Å². The van der Waals surface area contributed by atoms with Gasteiger partial charge in [-0.1, -0.05) is 12.1 Å². The highest BCUT2D eigenvalue weighted by molar-refractivity contribution is 5.97. The molecule has 1 aliphatic heterocycles. The van der Waals surface area contributed by atoms with E-state index in [1.807, 2.05) is 41.8 Å². The normalized spacial score (nSPS) is 14.6. The minimum atomic E-state index is -0.334. The molecule has 2 heterocycles. The van der Waals surface area contributed by atoms with E-state index in [4.69, 9.17) is 5.73 Å². The summed E-state index contributed by atoms with van der Waals surface area (Å²) in [4.78, 5) is 28.6. The van der Waals surface area contributed by atoms with E-state index in [-0.39, 0.29) is 35.6 Å². The number of benzene rings is 3. The zero-order valence-corrected chi connectivity index (χ0v) is 21.0. The second-order valence-electron chi connectivity index (χ2n) is 9.29. The number of aromatic nitrogens is 2. The van der Waals surface area contributed by atoms with Gasteiger partial charge in [-0.05, 0) is 93.0 Å². The molecule has 188 valence electrons. The number of imidazole rings is 1. The monoisotopic (exact) mass is 508 g/mol. The molecule has 0 atom stereocenters. The van der Waals surface area contributed by atoms with E-state index in [0.29, 0.717) is 17.8 Å². The molecule has 6 nitrogen and oxygen atoms in total. The molecule has 8 heteroatoms. The summed E-state index contributed by atoms with van der Waals surface area (Å²) in [5, 5.41) is 0. The molecule has 0 amide bonds. The molecular weight excluding hydrogens is 479 g/mol. The smallest absolute Gasteiger partial charge is 0.333 e. The van der Waals surface area contributed by atoms with Crippen LogP contribution in [0.1, 0.15) is 28.8 Å². The highest BCUT2D eigenvalue weighted by atomic mass is 35.5. The number of Topliss-reactive ketones (excluding diaryl/α,β-unsaturated/α-hetero) is 1. The number of hydrogen-bond donors (Lipinski definition) is 1. The van der Waals surface area contributed by atoms with Gasteiger partial charge in [-0.3, -0.25) is 13.9 Å². The summed E-state index contributed by atoms with van der Waals surface area (Å²) >= 11 is 0. The molecular formula is C28H30ClFN4O2. The van der Waals surface area contributed by atoms with Gasteiger partial charge in [-0.2, -0.15) is 0 Å². The minimum absolute atomic E-state index is 0. The second kappa shape index (κ2) is 10.7. The number of halogens is 2. The number of hydrogen-bond acceptors (Lipinski definition) is 4. The molecule has 0 spiro atoms. The van der Waals surface area contributed by atoms with Crippen LogP contribution in [0.2, 0.25) is 0 Å². The zero-order valence-electron chi connectivity index (χ0n) is 20.2. The molecule has 0 unspecified atom stereocenters. The lowest BCUT2D eigenvalue weighted by Gasteiger charge is -2.31. The molecule has 1 saturated heterocycles. The van der Waals surface area contributed by atoms with Gasteiger partial charge in [0.05, 0.1) is 16.7 Å². The maximum atomic E-state index is 13.5. The Morgan fingerprint density at radius 3 is 2.31 bits per heavy atom. The Bertz CT molecular complexity index is 1420. The number of fused-ring (bicyclic) bond motifs is 1. The molecule has 4 aromatic rings. The Labute approximate surface area is 215 Å². The lowest BCUT2D eigenvalue weighted by molar-refractivity contribution is 0.0837. The average Bonchev–Trinajstić information content (AvgIpc) is 3.16. The first-order valence-electron chi connectivity index (χ1n) is 12.0. The molecule has 1 fully saturated rings. The SMILES string of the molecule is Cc1cccc2c1n(CCN1CCC(C(=O)c3ccc(F)cc3)CC1)c(=O)n2-c1ccc(N)cc1.Cl. The predicted octanol–water partition coefficient (Wildman–Crippen LogP) is 4.84. The quantitative estimate of drug-likeness (QED) is 0.299. The predicted molar refractivity (Wildman–Crippen MR) is 144 cm³/mol. The number of likely N-dealkylation sites (tertiary alicyclic amines) is 1. The fourth-order valence-electron chi connectivity index (χ4n) is 5.08. The molecule has 0 radical (unpaired) electrons. The van der Waals surface area contributed by atoms with Crippen LogP contribution in [0.5, 0.6) is 0 Å². The molecule has 5 rings (SSSR count). The van der Waals surface area contributed by atoms with Crippen molar-refractivity contribution >= 4 is 34.9 Å². The molecule has 2 N–H and O–H groups in total. The first-order valence-corrected chi connectivity index (χ1v) is 12.0. The number of nitrogens with zero attached hydrogens (tertiary/aromatic N) is 3. The number of rotatable bonds is 6. The van der Waals surface area contributed by atoms with Crippen molar-refractivity contribution in [1.82, 2.24) is 14.0 Å². The van der Waals surface area contributed by atoms with E-state index in [0.717, 1.165) is 54.8 Å². The average molecular weight is 509 g/mol. The molecule has 0 aliphatic carbocycles. The zero-order chi connectivity index (χ0) is 24.5. The summed E-state index contributed by atoms with van der Waals surface area (Å²) in [6.07, 6.45) is 1.52. The topological polar surface area (TPSA) is 73.3 Å². The summed E-state index contributed by atoms with van der Waals surface area (Å²) < 4.78 is 16.8. The standard InChI is InChI=1S/C28H29FN4O2.ClH/c1-19-3-2-4-25-26(19)32(28(35)33(25)24-11-9-23(30)10-12-24)18-17-31-15-13-21(14-16-31)27(34)20-5-7-22(29)8-6-20;/h2-12,21H,13-18,30H2,1H3;1H. The van der Waals surface area contributed by atoms with E-state index in [9.17, 15) is 14.0 Å². The van der Waals surface area contributed by atoms with Crippen molar-refractivity contribution in [2.24, 2.45) is 5.92 Å². The Hall–Kier alpha value is -3.42.